The molecule has 1 fully saturated rings. The molecule has 8 heteroatoms. The number of benzene rings is 2. The number of nitrogens with zero attached hydrogens (tertiary/aromatic N) is 1. The van der Waals surface area contributed by atoms with Crippen LogP contribution < -0.4 is 19.7 Å². The molecule has 0 aromatic heterocycles. The Labute approximate surface area is 170 Å². The zero-order valence-electron chi connectivity index (χ0n) is 15.4. The fraction of sp³-hybridized carbons (Fsp3) is 0.150. The topological polar surface area (TPSA) is 84.9 Å². The molecule has 0 atom stereocenters. The smallest absolute Gasteiger partial charge is 0.335 e. The Kier molecular flexibility index (Phi) is 5.51. The monoisotopic (exact) mass is 444 g/mol. The summed E-state index contributed by atoms with van der Waals surface area (Å²) in [6, 6.07) is 9.22. The predicted octanol–water partition coefficient (Wildman–Crippen LogP) is 3.44. The van der Waals surface area contributed by atoms with Crippen molar-refractivity contribution in [3.8, 4) is 11.5 Å². The van der Waals surface area contributed by atoms with E-state index in [4.69, 9.17) is 9.47 Å². The predicted molar refractivity (Wildman–Crippen MR) is 107 cm³/mol. The summed E-state index contributed by atoms with van der Waals surface area (Å²) >= 11 is 3.38. The zero-order chi connectivity index (χ0) is 20.4. The van der Waals surface area contributed by atoms with Crippen LogP contribution in [0.25, 0.3) is 6.08 Å². The lowest BCUT2D eigenvalue weighted by molar-refractivity contribution is -0.122. The molecule has 4 amide bonds. The normalized spacial score (nSPS) is 15.6. The van der Waals surface area contributed by atoms with Crippen LogP contribution in [0.2, 0.25) is 0 Å². The van der Waals surface area contributed by atoms with Crippen LogP contribution in [-0.4, -0.2) is 32.1 Å². The lowest BCUT2D eigenvalue weighted by atomic mass is 10.1. The van der Waals surface area contributed by atoms with Crippen LogP contribution >= 0.6 is 15.9 Å². The summed E-state index contributed by atoms with van der Waals surface area (Å²) in [6.07, 6.45) is 1.39. The van der Waals surface area contributed by atoms with Crippen LogP contribution in [0.1, 0.15) is 11.1 Å². The molecule has 0 radical (unpaired) electrons. The summed E-state index contributed by atoms with van der Waals surface area (Å²) in [5, 5.41) is 2.20. The van der Waals surface area contributed by atoms with Crippen LogP contribution in [0.15, 0.2) is 46.4 Å². The molecule has 144 valence electrons. The van der Waals surface area contributed by atoms with Gasteiger partial charge in [-0.15, -0.1) is 0 Å². The molecule has 0 spiro atoms. The third-order valence-corrected chi connectivity index (χ3v) is 5.13. The highest BCUT2D eigenvalue weighted by atomic mass is 79.9. The molecule has 7 nitrogen and oxygen atoms in total. The van der Waals surface area contributed by atoms with Gasteiger partial charge in [0.2, 0.25) is 0 Å². The van der Waals surface area contributed by atoms with Gasteiger partial charge in [0.15, 0.2) is 0 Å². The van der Waals surface area contributed by atoms with Crippen LogP contribution in [0.3, 0.4) is 0 Å². The van der Waals surface area contributed by atoms with Gasteiger partial charge < -0.3 is 9.47 Å². The first kappa shape index (κ1) is 19.6. The number of nitrogens with one attached hydrogen (secondary N) is 1. The number of aryl methyl sites for hydroxylation is 1. The SMILES string of the molecule is COc1ccc(/C=C2\C(=O)NC(=O)N(c3ccc(Br)c(C)c3)C2=O)c(OC)c1. The second-order valence-electron chi connectivity index (χ2n) is 6.00. The van der Waals surface area contributed by atoms with Crippen LogP contribution in [0.5, 0.6) is 11.5 Å². The van der Waals surface area contributed by atoms with Gasteiger partial charge in [0, 0.05) is 16.1 Å². The number of imide groups is 2. The summed E-state index contributed by atoms with van der Waals surface area (Å²) < 4.78 is 11.3. The maximum Gasteiger partial charge on any atom is 0.335 e. The molecule has 1 heterocycles. The Bertz CT molecular complexity index is 1020. The van der Waals surface area contributed by atoms with E-state index in [-0.39, 0.29) is 5.57 Å². The van der Waals surface area contributed by atoms with E-state index in [9.17, 15) is 14.4 Å². The second-order valence-corrected chi connectivity index (χ2v) is 6.85. The molecule has 0 aliphatic carbocycles. The van der Waals surface area contributed by atoms with Crippen molar-refractivity contribution in [2.24, 2.45) is 0 Å². The quantitative estimate of drug-likeness (QED) is 0.576. The van der Waals surface area contributed by atoms with Gasteiger partial charge in [-0.1, -0.05) is 15.9 Å². The van der Waals surface area contributed by atoms with Crippen molar-refractivity contribution in [3.05, 3.63) is 57.6 Å². The van der Waals surface area contributed by atoms with Crippen molar-refractivity contribution >= 4 is 45.5 Å². The molecule has 1 saturated heterocycles. The standard InChI is InChI=1S/C20H17BrN2O5/c1-11-8-13(5-7-16(11)21)23-19(25)15(18(24)22-20(23)26)9-12-4-6-14(27-2)10-17(12)28-3/h4-10H,1-3H3,(H,22,24,26)/b15-9+. The summed E-state index contributed by atoms with van der Waals surface area (Å²) in [5.74, 6) is -0.484. The first-order valence-electron chi connectivity index (χ1n) is 8.25. The minimum absolute atomic E-state index is 0.177. The lowest BCUT2D eigenvalue weighted by Gasteiger charge is -2.26. The van der Waals surface area contributed by atoms with Gasteiger partial charge in [0.05, 0.1) is 19.9 Å². The summed E-state index contributed by atoms with van der Waals surface area (Å²) in [5.41, 5.74) is 1.53. The summed E-state index contributed by atoms with van der Waals surface area (Å²) in [4.78, 5) is 38.5. The Morgan fingerprint density at radius 1 is 1.04 bits per heavy atom. The van der Waals surface area contributed by atoms with Gasteiger partial charge in [0.25, 0.3) is 11.8 Å². The number of carbonyl (C=O) groups excluding carboxylic acids is 3. The highest BCUT2D eigenvalue weighted by molar-refractivity contribution is 9.10. The van der Waals surface area contributed by atoms with Crippen LogP contribution in [-0.2, 0) is 9.59 Å². The average Bonchev–Trinajstić information content (AvgIpc) is 2.67. The highest BCUT2D eigenvalue weighted by Crippen LogP contribution is 2.29. The molecule has 1 aliphatic heterocycles. The zero-order valence-corrected chi connectivity index (χ0v) is 17.0. The number of barbiturate groups is 1. The van der Waals surface area contributed by atoms with Gasteiger partial charge in [0.1, 0.15) is 17.1 Å². The number of halogens is 1. The summed E-state index contributed by atoms with van der Waals surface area (Å²) in [7, 11) is 2.99. The third-order valence-electron chi connectivity index (χ3n) is 4.24. The van der Waals surface area contributed by atoms with Crippen molar-refractivity contribution in [2.45, 2.75) is 6.92 Å². The van der Waals surface area contributed by atoms with E-state index in [2.05, 4.69) is 21.2 Å². The van der Waals surface area contributed by atoms with Gasteiger partial charge in [-0.2, -0.15) is 0 Å². The Balaban J connectivity index is 2.05. The van der Waals surface area contributed by atoms with Crippen LogP contribution in [0, 0.1) is 6.92 Å². The number of methoxy groups -OCH3 is 2. The summed E-state index contributed by atoms with van der Waals surface area (Å²) in [6.45, 7) is 1.84. The molecule has 28 heavy (non-hydrogen) atoms. The number of hydrogen-bond acceptors (Lipinski definition) is 5. The number of hydrogen-bond donors (Lipinski definition) is 1. The van der Waals surface area contributed by atoms with Crippen molar-refractivity contribution in [3.63, 3.8) is 0 Å². The number of anilines is 1. The molecular weight excluding hydrogens is 428 g/mol. The van der Waals surface area contributed by atoms with Gasteiger partial charge in [-0.05, 0) is 48.9 Å². The van der Waals surface area contributed by atoms with E-state index in [1.807, 2.05) is 6.92 Å². The minimum Gasteiger partial charge on any atom is -0.497 e. The molecule has 1 aliphatic rings. The molecule has 0 unspecified atom stereocenters. The van der Waals surface area contributed by atoms with Crippen LogP contribution in [0.4, 0.5) is 10.5 Å². The number of urea groups is 1. The molecule has 0 saturated carbocycles. The maximum absolute atomic E-state index is 13.0. The number of carbonyl (C=O) groups is 3. The molecule has 2 aromatic rings. The van der Waals surface area contributed by atoms with E-state index in [1.165, 1.54) is 20.3 Å². The van der Waals surface area contributed by atoms with E-state index >= 15 is 0 Å². The van der Waals surface area contributed by atoms with Gasteiger partial charge in [-0.25, -0.2) is 9.69 Å². The second kappa shape index (κ2) is 7.85. The largest absolute Gasteiger partial charge is 0.497 e. The van der Waals surface area contributed by atoms with Crippen molar-refractivity contribution in [1.29, 1.82) is 0 Å². The first-order chi connectivity index (χ1) is 13.3. The minimum atomic E-state index is -0.796. The van der Waals surface area contributed by atoms with E-state index in [0.29, 0.717) is 22.7 Å². The molecule has 0 bridgehead atoms. The molecule has 1 N–H and O–H groups in total. The molecule has 2 aromatic carbocycles. The fourth-order valence-corrected chi connectivity index (χ4v) is 3.00. The van der Waals surface area contributed by atoms with Gasteiger partial charge >= 0.3 is 6.03 Å². The third kappa shape index (κ3) is 3.63. The van der Waals surface area contributed by atoms with Crippen molar-refractivity contribution in [2.75, 3.05) is 19.1 Å². The molecule has 3 rings (SSSR count). The fourth-order valence-electron chi connectivity index (χ4n) is 2.75. The molecular formula is C20H17BrN2O5. The van der Waals surface area contributed by atoms with Crippen molar-refractivity contribution < 1.29 is 23.9 Å². The first-order valence-corrected chi connectivity index (χ1v) is 9.04. The Morgan fingerprint density at radius 2 is 1.79 bits per heavy atom. The van der Waals surface area contributed by atoms with Gasteiger partial charge in [-0.3, -0.25) is 14.9 Å². The number of amides is 4. The van der Waals surface area contributed by atoms with E-state index in [0.717, 1.165) is 14.9 Å². The Morgan fingerprint density at radius 3 is 2.43 bits per heavy atom. The van der Waals surface area contributed by atoms with E-state index in [1.54, 1.807) is 36.4 Å². The maximum atomic E-state index is 13.0. The average molecular weight is 445 g/mol. The lowest BCUT2D eigenvalue weighted by Crippen LogP contribution is -2.54. The number of rotatable bonds is 4. The van der Waals surface area contributed by atoms with E-state index < -0.39 is 17.8 Å². The highest BCUT2D eigenvalue weighted by Gasteiger charge is 2.37. The number of ether oxygens (including phenoxy) is 2. The Hall–Kier alpha value is -3.13. The van der Waals surface area contributed by atoms with Crippen molar-refractivity contribution in [1.82, 2.24) is 5.32 Å².